The standard InChI is InChI=1S/C27H20N6O5/c34-31(35)24-15-11-22(12-16-24)29-19-38-27(21-9-5-2-6-10-21)26(20-7-3-1-4-8-20)28-30(33(27)29)23-13-17-25(18-14-23)32(36)37/h1-18H,19H2. The van der Waals surface area contributed by atoms with Gasteiger partial charge in [0.15, 0.2) is 0 Å². The molecule has 4 aromatic rings. The van der Waals surface area contributed by atoms with Gasteiger partial charge in [-0.15, -0.1) is 0 Å². The Morgan fingerprint density at radius 2 is 1.24 bits per heavy atom. The fraction of sp³-hybridized carbons (Fsp3) is 0.0741. The summed E-state index contributed by atoms with van der Waals surface area (Å²) in [4.78, 5) is 21.6. The number of nitro benzene ring substituents is 2. The summed E-state index contributed by atoms with van der Waals surface area (Å²) in [6, 6.07) is 31.5. The molecule has 0 radical (unpaired) electrons. The van der Waals surface area contributed by atoms with Gasteiger partial charge in [0.25, 0.3) is 11.4 Å². The number of hydrogen-bond donors (Lipinski definition) is 0. The second-order valence-corrected chi connectivity index (χ2v) is 8.62. The van der Waals surface area contributed by atoms with Gasteiger partial charge in [-0.25, -0.2) is 0 Å². The van der Waals surface area contributed by atoms with Gasteiger partial charge in [0, 0.05) is 35.4 Å². The third-order valence-electron chi connectivity index (χ3n) is 6.46. The van der Waals surface area contributed by atoms with Crippen molar-refractivity contribution in [1.82, 2.24) is 5.12 Å². The Balaban J connectivity index is 1.55. The van der Waals surface area contributed by atoms with Crippen LogP contribution in [0.4, 0.5) is 22.7 Å². The minimum atomic E-state index is -1.19. The number of nitro groups is 2. The van der Waals surface area contributed by atoms with Gasteiger partial charge in [-0.3, -0.25) is 25.2 Å². The number of benzene rings is 4. The fourth-order valence-electron chi connectivity index (χ4n) is 4.69. The topological polar surface area (TPSA) is 118 Å². The number of rotatable bonds is 6. The molecule has 1 unspecified atom stereocenters. The molecule has 0 aromatic heterocycles. The van der Waals surface area contributed by atoms with Gasteiger partial charge in [0.1, 0.15) is 12.4 Å². The second-order valence-electron chi connectivity index (χ2n) is 8.62. The Morgan fingerprint density at radius 3 is 1.79 bits per heavy atom. The van der Waals surface area contributed by atoms with Crippen molar-refractivity contribution in [3.8, 4) is 0 Å². The van der Waals surface area contributed by atoms with Gasteiger partial charge in [-0.1, -0.05) is 65.8 Å². The Kier molecular flexibility index (Phi) is 5.56. The number of fused-ring (bicyclic) bond motifs is 1. The molecule has 0 bridgehead atoms. The maximum Gasteiger partial charge on any atom is 0.269 e. The third-order valence-corrected chi connectivity index (χ3v) is 6.46. The van der Waals surface area contributed by atoms with E-state index in [1.807, 2.05) is 70.8 Å². The number of hydrogen-bond acceptors (Lipinski definition) is 9. The molecule has 1 saturated heterocycles. The molecule has 188 valence electrons. The van der Waals surface area contributed by atoms with Crippen molar-refractivity contribution in [2.45, 2.75) is 5.72 Å². The number of nitrogens with zero attached hydrogens (tertiary/aromatic N) is 6. The summed E-state index contributed by atoms with van der Waals surface area (Å²) in [5.41, 5.74) is 2.22. The zero-order chi connectivity index (χ0) is 26.3. The number of hydrazone groups is 1. The summed E-state index contributed by atoms with van der Waals surface area (Å²) in [5, 5.41) is 32.8. The van der Waals surface area contributed by atoms with E-state index in [1.165, 1.54) is 24.3 Å². The molecule has 4 aromatic carbocycles. The predicted octanol–water partition coefficient (Wildman–Crippen LogP) is 5.21. The molecule has 2 aliphatic rings. The Bertz CT molecular complexity index is 1530. The lowest BCUT2D eigenvalue weighted by atomic mass is 9.93. The van der Waals surface area contributed by atoms with E-state index in [0.29, 0.717) is 17.1 Å². The number of ether oxygens (including phenoxy) is 1. The smallest absolute Gasteiger partial charge is 0.269 e. The number of non-ortho nitro benzene ring substituents is 2. The summed E-state index contributed by atoms with van der Waals surface area (Å²) in [6.45, 7) is 0.113. The van der Waals surface area contributed by atoms with Crippen LogP contribution < -0.4 is 10.1 Å². The monoisotopic (exact) mass is 508 g/mol. The van der Waals surface area contributed by atoms with Crippen LogP contribution in [0.2, 0.25) is 0 Å². The first-order valence-corrected chi connectivity index (χ1v) is 11.7. The van der Waals surface area contributed by atoms with Crippen LogP contribution in [0, 0.1) is 20.2 Å². The van der Waals surface area contributed by atoms with E-state index in [9.17, 15) is 20.2 Å². The minimum absolute atomic E-state index is 0.0296. The number of anilines is 2. The van der Waals surface area contributed by atoms with E-state index in [2.05, 4.69) is 0 Å². The highest BCUT2D eigenvalue weighted by Gasteiger charge is 2.60. The van der Waals surface area contributed by atoms with Crippen molar-refractivity contribution in [1.29, 1.82) is 0 Å². The summed E-state index contributed by atoms with van der Waals surface area (Å²) in [5.74, 6) is 0. The summed E-state index contributed by atoms with van der Waals surface area (Å²) in [7, 11) is 0. The van der Waals surface area contributed by atoms with Crippen LogP contribution in [0.1, 0.15) is 11.1 Å². The third kappa shape index (κ3) is 3.65. The average Bonchev–Trinajstić information content (AvgIpc) is 3.51. The molecule has 0 aliphatic carbocycles. The molecule has 2 aliphatic heterocycles. The molecule has 11 heteroatoms. The summed E-state index contributed by atoms with van der Waals surface area (Å²) < 4.78 is 6.61. The number of hydrazine groups is 2. The molecule has 0 N–H and O–H groups in total. The molecular formula is C27H20N6O5. The van der Waals surface area contributed by atoms with Crippen LogP contribution in [0.3, 0.4) is 0 Å². The van der Waals surface area contributed by atoms with Gasteiger partial charge in [-0.05, 0) is 24.3 Å². The first-order chi connectivity index (χ1) is 18.5. The zero-order valence-corrected chi connectivity index (χ0v) is 19.8. The Labute approximate surface area is 216 Å². The van der Waals surface area contributed by atoms with Crippen molar-refractivity contribution in [3.05, 3.63) is 141 Å². The molecule has 0 saturated carbocycles. The molecule has 0 spiro atoms. The van der Waals surface area contributed by atoms with E-state index >= 15 is 0 Å². The van der Waals surface area contributed by atoms with Crippen LogP contribution in [0.15, 0.2) is 114 Å². The first kappa shape index (κ1) is 23.3. The SMILES string of the molecule is O=[N+]([O-])c1ccc(N2COC3(c4ccccc4)C(c4ccccc4)=NN(c4ccc([N+](=O)[O-])cc4)N23)cc1. The Hall–Kier alpha value is -5.13. The van der Waals surface area contributed by atoms with E-state index in [-0.39, 0.29) is 18.1 Å². The lowest BCUT2D eigenvalue weighted by Crippen LogP contribution is -2.54. The zero-order valence-electron chi connectivity index (χ0n) is 19.8. The Morgan fingerprint density at radius 1 is 0.711 bits per heavy atom. The van der Waals surface area contributed by atoms with Crippen LogP contribution in [0.25, 0.3) is 0 Å². The van der Waals surface area contributed by atoms with Crippen molar-refractivity contribution in [2.75, 3.05) is 16.9 Å². The van der Waals surface area contributed by atoms with Crippen molar-refractivity contribution in [3.63, 3.8) is 0 Å². The first-order valence-electron chi connectivity index (χ1n) is 11.7. The highest BCUT2D eigenvalue weighted by molar-refractivity contribution is 6.09. The molecule has 6 rings (SSSR count). The predicted molar refractivity (Wildman–Crippen MR) is 140 cm³/mol. The maximum absolute atomic E-state index is 11.3. The van der Waals surface area contributed by atoms with Crippen LogP contribution >= 0.6 is 0 Å². The highest BCUT2D eigenvalue weighted by atomic mass is 16.6. The lowest BCUT2D eigenvalue weighted by Gasteiger charge is -2.38. The molecule has 0 amide bonds. The minimum Gasteiger partial charge on any atom is -0.325 e. The van der Waals surface area contributed by atoms with Gasteiger partial charge in [0.2, 0.25) is 5.72 Å². The molecule has 2 heterocycles. The normalized spacial score (nSPS) is 18.8. The van der Waals surface area contributed by atoms with Crippen LogP contribution in [-0.2, 0) is 10.5 Å². The van der Waals surface area contributed by atoms with Crippen molar-refractivity contribution in [2.24, 2.45) is 5.10 Å². The quantitative estimate of drug-likeness (QED) is 0.257. The maximum atomic E-state index is 11.3. The van der Waals surface area contributed by atoms with Gasteiger partial charge >= 0.3 is 0 Å². The second kappa shape index (κ2) is 9.07. The van der Waals surface area contributed by atoms with Gasteiger partial charge in [-0.2, -0.15) is 10.2 Å². The molecule has 1 atom stereocenters. The van der Waals surface area contributed by atoms with Crippen molar-refractivity contribution < 1.29 is 14.6 Å². The van der Waals surface area contributed by atoms with Gasteiger partial charge < -0.3 is 4.74 Å². The van der Waals surface area contributed by atoms with Gasteiger partial charge in [0.05, 0.1) is 21.2 Å². The highest BCUT2D eigenvalue weighted by Crippen LogP contribution is 2.48. The van der Waals surface area contributed by atoms with E-state index in [4.69, 9.17) is 9.84 Å². The van der Waals surface area contributed by atoms with E-state index in [0.717, 1.165) is 11.1 Å². The van der Waals surface area contributed by atoms with Crippen LogP contribution in [-0.4, -0.2) is 27.4 Å². The summed E-state index contributed by atoms with van der Waals surface area (Å²) >= 11 is 0. The molecule has 11 nitrogen and oxygen atoms in total. The van der Waals surface area contributed by atoms with E-state index in [1.54, 1.807) is 29.4 Å². The summed E-state index contributed by atoms with van der Waals surface area (Å²) in [6.07, 6.45) is 0. The molecule has 1 fully saturated rings. The fourth-order valence-corrected chi connectivity index (χ4v) is 4.69. The van der Waals surface area contributed by atoms with Crippen molar-refractivity contribution >= 4 is 28.5 Å². The van der Waals surface area contributed by atoms with Crippen LogP contribution in [0.5, 0.6) is 0 Å². The average molecular weight is 508 g/mol. The molecule has 38 heavy (non-hydrogen) atoms. The van der Waals surface area contributed by atoms with E-state index < -0.39 is 15.6 Å². The molecular weight excluding hydrogens is 488 g/mol. The largest absolute Gasteiger partial charge is 0.325 e. The lowest BCUT2D eigenvalue weighted by molar-refractivity contribution is -0.385.